The minimum absolute atomic E-state index is 0.736. The Morgan fingerprint density at radius 2 is 1.45 bits per heavy atom. The lowest BCUT2D eigenvalue weighted by atomic mass is 10.0. The van der Waals surface area contributed by atoms with Gasteiger partial charge in [-0.05, 0) is 29.8 Å². The van der Waals surface area contributed by atoms with Gasteiger partial charge in [-0.25, -0.2) is 15.0 Å². The van der Waals surface area contributed by atoms with Crippen LogP contribution in [0.25, 0.3) is 50.3 Å². The van der Waals surface area contributed by atoms with Gasteiger partial charge in [0.15, 0.2) is 11.0 Å². The summed E-state index contributed by atoms with van der Waals surface area (Å²) in [5.74, 6) is 1.65. The van der Waals surface area contributed by atoms with Gasteiger partial charge >= 0.3 is 0 Å². The second-order valence-electron chi connectivity index (χ2n) is 8.13. The Morgan fingerprint density at radius 1 is 0.667 bits per heavy atom. The Labute approximate surface area is 195 Å². The molecule has 33 heavy (non-hydrogen) atoms. The number of aromatic nitrogens is 4. The van der Waals surface area contributed by atoms with Crippen molar-refractivity contribution < 1.29 is 0 Å². The Bertz CT molecular complexity index is 1670. The summed E-state index contributed by atoms with van der Waals surface area (Å²) in [7, 11) is 0. The van der Waals surface area contributed by atoms with E-state index in [1.54, 1.807) is 11.8 Å². The van der Waals surface area contributed by atoms with E-state index in [0.29, 0.717) is 0 Å². The first-order valence-corrected chi connectivity index (χ1v) is 11.9. The number of rotatable bonds is 2. The highest BCUT2D eigenvalue weighted by molar-refractivity contribution is 7.98. The van der Waals surface area contributed by atoms with Crippen LogP contribution in [0.3, 0.4) is 0 Å². The largest absolute Gasteiger partial charge is 0.287 e. The van der Waals surface area contributed by atoms with Crippen molar-refractivity contribution in [3.8, 4) is 28.3 Å². The first-order valence-electron chi connectivity index (χ1n) is 10.9. The summed E-state index contributed by atoms with van der Waals surface area (Å²) in [6, 6.07) is 33.4. The van der Waals surface area contributed by atoms with Gasteiger partial charge in [0.05, 0.1) is 27.9 Å². The fraction of sp³-hybridized carbons (Fsp3) is 0.0357. The van der Waals surface area contributed by atoms with Crippen molar-refractivity contribution in [3.63, 3.8) is 0 Å². The van der Waals surface area contributed by atoms with Gasteiger partial charge < -0.3 is 0 Å². The van der Waals surface area contributed by atoms with Gasteiger partial charge in [-0.2, -0.15) is 0 Å². The maximum atomic E-state index is 5.06. The predicted molar refractivity (Wildman–Crippen MR) is 135 cm³/mol. The van der Waals surface area contributed by atoms with Crippen molar-refractivity contribution in [2.24, 2.45) is 0 Å². The number of imidazole rings is 1. The Kier molecular flexibility index (Phi) is 4.11. The fourth-order valence-electron chi connectivity index (χ4n) is 4.53. The minimum atomic E-state index is 0.736. The van der Waals surface area contributed by atoms with Crippen molar-refractivity contribution >= 4 is 33.7 Å². The molecule has 0 spiro atoms. The van der Waals surface area contributed by atoms with Crippen LogP contribution in [0.2, 0.25) is 0 Å². The Hall–Kier alpha value is -3.96. The quantitative estimate of drug-likeness (QED) is 0.292. The molecule has 0 saturated carbocycles. The van der Waals surface area contributed by atoms with Crippen LogP contribution >= 0.6 is 11.8 Å². The summed E-state index contributed by atoms with van der Waals surface area (Å²) in [6.45, 7) is 0. The lowest BCUT2D eigenvalue weighted by Gasteiger charge is -2.19. The molecule has 0 radical (unpaired) electrons. The molecular weight excluding hydrogens is 424 g/mol. The molecule has 0 fully saturated rings. The van der Waals surface area contributed by atoms with Crippen LogP contribution in [-0.4, -0.2) is 19.5 Å². The smallest absolute Gasteiger partial charge is 0.174 e. The molecule has 6 aromatic rings. The third-order valence-electron chi connectivity index (χ3n) is 6.12. The van der Waals surface area contributed by atoms with E-state index < -0.39 is 0 Å². The topological polar surface area (TPSA) is 43.6 Å². The average Bonchev–Trinajstić information content (AvgIpc) is 3.27. The normalized spacial score (nSPS) is 12.6. The van der Waals surface area contributed by atoms with E-state index in [1.807, 2.05) is 36.4 Å². The number of hydrogen-bond acceptors (Lipinski definition) is 4. The van der Waals surface area contributed by atoms with Gasteiger partial charge in [0.1, 0.15) is 0 Å². The summed E-state index contributed by atoms with van der Waals surface area (Å²) in [5.41, 5.74) is 8.61. The van der Waals surface area contributed by atoms with Crippen molar-refractivity contribution in [2.75, 3.05) is 0 Å². The van der Waals surface area contributed by atoms with E-state index in [1.165, 1.54) is 5.56 Å². The van der Waals surface area contributed by atoms with Crippen molar-refractivity contribution in [1.82, 2.24) is 19.5 Å². The second-order valence-corrected chi connectivity index (χ2v) is 9.07. The SMILES string of the molecule is c1ccc(-c2nc(-c3ccc4c(c3)-n3c(nc5ccccc53)SC4)nc3ccccc23)cc1. The number of hydrogen-bond donors (Lipinski definition) is 0. The van der Waals surface area contributed by atoms with Crippen LogP contribution in [-0.2, 0) is 5.75 Å². The van der Waals surface area contributed by atoms with Crippen molar-refractivity contribution in [3.05, 3.63) is 103 Å². The molecule has 156 valence electrons. The van der Waals surface area contributed by atoms with Gasteiger partial charge in [0.25, 0.3) is 0 Å². The van der Waals surface area contributed by atoms with Gasteiger partial charge in [0, 0.05) is 22.3 Å². The molecule has 4 nitrogen and oxygen atoms in total. The molecule has 7 rings (SSSR count). The zero-order chi connectivity index (χ0) is 21.8. The highest BCUT2D eigenvalue weighted by Gasteiger charge is 2.22. The fourth-order valence-corrected chi connectivity index (χ4v) is 5.55. The zero-order valence-corrected chi connectivity index (χ0v) is 18.5. The lowest BCUT2D eigenvalue weighted by Crippen LogP contribution is -2.06. The minimum Gasteiger partial charge on any atom is -0.287 e. The summed E-state index contributed by atoms with van der Waals surface area (Å²) >= 11 is 1.78. The van der Waals surface area contributed by atoms with E-state index >= 15 is 0 Å². The molecule has 0 unspecified atom stereocenters. The first-order chi connectivity index (χ1) is 16.3. The number of para-hydroxylation sites is 3. The predicted octanol–water partition coefficient (Wildman–Crippen LogP) is 6.91. The van der Waals surface area contributed by atoms with Crippen LogP contribution in [0.1, 0.15) is 5.56 Å². The molecule has 0 bridgehead atoms. The Morgan fingerprint density at radius 3 is 2.36 bits per heavy atom. The van der Waals surface area contributed by atoms with Crippen LogP contribution in [0.15, 0.2) is 102 Å². The second kappa shape index (κ2) is 7.29. The summed E-state index contributed by atoms with van der Waals surface area (Å²) in [6.07, 6.45) is 0. The summed E-state index contributed by atoms with van der Waals surface area (Å²) in [5, 5.41) is 2.09. The van der Waals surface area contributed by atoms with Gasteiger partial charge in [-0.3, -0.25) is 4.57 Å². The average molecular weight is 443 g/mol. The van der Waals surface area contributed by atoms with Crippen LogP contribution in [0.5, 0.6) is 0 Å². The van der Waals surface area contributed by atoms with E-state index in [0.717, 1.165) is 61.2 Å². The van der Waals surface area contributed by atoms with Crippen molar-refractivity contribution in [2.45, 2.75) is 10.9 Å². The molecule has 2 aromatic heterocycles. The maximum absolute atomic E-state index is 5.06. The monoisotopic (exact) mass is 442 g/mol. The molecule has 0 N–H and O–H groups in total. The first kappa shape index (κ1) is 18.6. The molecule has 0 atom stereocenters. The maximum Gasteiger partial charge on any atom is 0.174 e. The molecule has 1 aliphatic heterocycles. The van der Waals surface area contributed by atoms with Crippen LogP contribution in [0, 0.1) is 0 Å². The van der Waals surface area contributed by atoms with Gasteiger partial charge in [-0.1, -0.05) is 84.6 Å². The van der Waals surface area contributed by atoms with Gasteiger partial charge in [0.2, 0.25) is 0 Å². The molecule has 0 amide bonds. The third kappa shape index (κ3) is 2.97. The number of benzene rings is 4. The molecule has 5 heteroatoms. The van der Waals surface area contributed by atoms with E-state index in [4.69, 9.17) is 15.0 Å². The molecule has 0 saturated heterocycles. The third-order valence-corrected chi connectivity index (χ3v) is 7.11. The summed E-state index contributed by atoms with van der Waals surface area (Å²) < 4.78 is 2.27. The van der Waals surface area contributed by atoms with E-state index in [2.05, 4.69) is 65.2 Å². The standard InChI is InChI=1S/C28H18N4S/c1-2-8-18(9-3-1)26-21-10-4-5-11-22(21)29-27(31-26)19-14-15-20-17-33-28-30-23-12-6-7-13-24(23)32(28)25(20)16-19/h1-16H,17H2. The van der Waals surface area contributed by atoms with Gasteiger partial charge in [-0.15, -0.1) is 0 Å². The van der Waals surface area contributed by atoms with E-state index in [-0.39, 0.29) is 0 Å². The molecule has 3 heterocycles. The summed E-state index contributed by atoms with van der Waals surface area (Å²) in [4.78, 5) is 14.8. The van der Waals surface area contributed by atoms with Crippen LogP contribution in [0.4, 0.5) is 0 Å². The number of nitrogens with zero attached hydrogens (tertiary/aromatic N) is 4. The lowest BCUT2D eigenvalue weighted by molar-refractivity contribution is 0.894. The molecular formula is C28H18N4S. The highest BCUT2D eigenvalue weighted by atomic mass is 32.2. The zero-order valence-electron chi connectivity index (χ0n) is 17.6. The van der Waals surface area contributed by atoms with Crippen molar-refractivity contribution in [1.29, 1.82) is 0 Å². The number of fused-ring (bicyclic) bond motifs is 6. The molecule has 0 aliphatic carbocycles. The Balaban J connectivity index is 1.46. The number of thioether (sulfide) groups is 1. The highest BCUT2D eigenvalue weighted by Crippen LogP contribution is 2.39. The molecule has 4 aromatic carbocycles. The molecule has 1 aliphatic rings. The van der Waals surface area contributed by atoms with Crippen LogP contribution < -0.4 is 0 Å². The van der Waals surface area contributed by atoms with E-state index in [9.17, 15) is 0 Å².